The van der Waals surface area contributed by atoms with Crippen molar-refractivity contribution < 1.29 is 0 Å². The van der Waals surface area contributed by atoms with Gasteiger partial charge in [0.2, 0.25) is 5.13 Å². The van der Waals surface area contributed by atoms with Crippen LogP contribution in [0.2, 0.25) is 0 Å². The fraction of sp³-hybridized carbons (Fsp3) is 0.429. The minimum absolute atomic E-state index is 0.795. The van der Waals surface area contributed by atoms with Crippen LogP contribution >= 0.6 is 11.3 Å². The molecule has 0 atom stereocenters. The van der Waals surface area contributed by atoms with Crippen LogP contribution in [-0.2, 0) is 13.0 Å². The van der Waals surface area contributed by atoms with Crippen LogP contribution in [0.15, 0.2) is 24.3 Å². The molecular weight excluding hydrogens is 242 g/mol. The van der Waals surface area contributed by atoms with E-state index in [-0.39, 0.29) is 0 Å². The summed E-state index contributed by atoms with van der Waals surface area (Å²) in [6, 6.07) is 8.71. The van der Waals surface area contributed by atoms with Gasteiger partial charge in [0.05, 0.1) is 0 Å². The largest absolute Gasteiger partial charge is 0.356 e. The quantitative estimate of drug-likeness (QED) is 0.891. The van der Waals surface area contributed by atoms with E-state index in [1.165, 1.54) is 24.0 Å². The molecule has 0 saturated heterocycles. The van der Waals surface area contributed by atoms with E-state index in [0.29, 0.717) is 0 Å². The molecule has 1 aromatic heterocycles. The summed E-state index contributed by atoms with van der Waals surface area (Å²) in [5.41, 5.74) is 2.90. The predicted molar refractivity (Wildman–Crippen MR) is 75.0 cm³/mol. The first-order chi connectivity index (χ1) is 8.86. The van der Waals surface area contributed by atoms with Gasteiger partial charge in [0.1, 0.15) is 5.01 Å². The van der Waals surface area contributed by atoms with Gasteiger partial charge in [0, 0.05) is 6.54 Å². The second-order valence-electron chi connectivity index (χ2n) is 4.68. The topological polar surface area (TPSA) is 37.8 Å². The number of hydrogen-bond donors (Lipinski definition) is 1. The number of hydrogen-bond acceptors (Lipinski definition) is 4. The normalized spacial score (nSPS) is 14.7. The van der Waals surface area contributed by atoms with Gasteiger partial charge in [-0.25, -0.2) is 0 Å². The van der Waals surface area contributed by atoms with Gasteiger partial charge in [0.25, 0.3) is 0 Å². The summed E-state index contributed by atoms with van der Waals surface area (Å²) in [5, 5.41) is 13.7. The summed E-state index contributed by atoms with van der Waals surface area (Å²) in [6.45, 7) is 2.96. The average molecular weight is 259 g/mol. The van der Waals surface area contributed by atoms with Crippen molar-refractivity contribution in [3.05, 3.63) is 40.4 Å². The van der Waals surface area contributed by atoms with Gasteiger partial charge in [0.15, 0.2) is 0 Å². The molecule has 1 saturated carbocycles. The van der Waals surface area contributed by atoms with Crippen LogP contribution < -0.4 is 5.32 Å². The Kier molecular flexibility index (Phi) is 3.28. The molecule has 18 heavy (non-hydrogen) atoms. The molecule has 1 fully saturated rings. The third kappa shape index (κ3) is 2.53. The summed E-state index contributed by atoms with van der Waals surface area (Å²) in [4.78, 5) is 0. The van der Waals surface area contributed by atoms with Crippen molar-refractivity contribution in [3.63, 3.8) is 0 Å². The van der Waals surface area contributed by atoms with Crippen molar-refractivity contribution in [3.8, 4) is 0 Å². The lowest BCUT2D eigenvalue weighted by Gasteiger charge is -2.08. The van der Waals surface area contributed by atoms with Crippen LogP contribution in [0.1, 0.15) is 41.8 Å². The summed E-state index contributed by atoms with van der Waals surface area (Å²) < 4.78 is 0. The fourth-order valence-corrected chi connectivity index (χ4v) is 2.80. The zero-order valence-corrected chi connectivity index (χ0v) is 11.3. The van der Waals surface area contributed by atoms with Crippen molar-refractivity contribution in [2.75, 3.05) is 5.32 Å². The number of anilines is 1. The van der Waals surface area contributed by atoms with Crippen LogP contribution in [0, 0.1) is 0 Å². The number of nitrogens with zero attached hydrogens (tertiary/aromatic N) is 2. The monoisotopic (exact) mass is 259 g/mol. The van der Waals surface area contributed by atoms with E-state index in [2.05, 4.69) is 46.7 Å². The summed E-state index contributed by atoms with van der Waals surface area (Å²) in [5.74, 6) is 0.795. The maximum absolute atomic E-state index is 4.15. The molecule has 1 aliphatic carbocycles. The first-order valence-corrected chi connectivity index (χ1v) is 7.32. The van der Waals surface area contributed by atoms with E-state index in [0.717, 1.165) is 29.0 Å². The zero-order valence-electron chi connectivity index (χ0n) is 10.5. The summed E-state index contributed by atoms with van der Waals surface area (Å²) >= 11 is 1.65. The molecule has 2 aromatic rings. The Hall–Kier alpha value is -1.42. The van der Waals surface area contributed by atoms with Crippen LogP contribution in [0.5, 0.6) is 0 Å². The standard InChI is InChI=1S/C14H17N3S/c1-2-13-16-17-14(18-13)15-9-11-5-3-4-6-12(11)10-7-8-10/h3-6,10H,2,7-9H2,1H3,(H,15,17). The smallest absolute Gasteiger partial charge is 0.205 e. The Bertz CT molecular complexity index is 531. The molecule has 0 spiro atoms. The number of aromatic nitrogens is 2. The molecule has 1 heterocycles. The van der Waals surface area contributed by atoms with Gasteiger partial charge >= 0.3 is 0 Å². The maximum atomic E-state index is 4.15. The fourth-order valence-electron chi connectivity index (χ4n) is 2.13. The van der Waals surface area contributed by atoms with Crippen LogP contribution in [0.4, 0.5) is 5.13 Å². The van der Waals surface area contributed by atoms with Gasteiger partial charge in [-0.1, -0.05) is 42.5 Å². The van der Waals surface area contributed by atoms with Crippen molar-refractivity contribution >= 4 is 16.5 Å². The molecule has 4 heteroatoms. The third-order valence-corrected chi connectivity index (χ3v) is 4.30. The van der Waals surface area contributed by atoms with Gasteiger partial charge in [-0.3, -0.25) is 0 Å². The lowest BCUT2D eigenvalue weighted by molar-refractivity contribution is 0.969. The number of nitrogens with one attached hydrogen (secondary N) is 1. The highest BCUT2D eigenvalue weighted by Gasteiger charge is 2.25. The lowest BCUT2D eigenvalue weighted by atomic mass is 10.0. The summed E-state index contributed by atoms with van der Waals surface area (Å²) in [6.07, 6.45) is 3.64. The summed E-state index contributed by atoms with van der Waals surface area (Å²) in [7, 11) is 0. The number of aryl methyl sites for hydroxylation is 1. The number of benzene rings is 1. The molecule has 0 amide bonds. The molecule has 0 aliphatic heterocycles. The highest BCUT2D eigenvalue weighted by Crippen LogP contribution is 2.41. The lowest BCUT2D eigenvalue weighted by Crippen LogP contribution is -2.02. The van der Waals surface area contributed by atoms with Crippen molar-refractivity contribution in [1.82, 2.24) is 10.2 Å². The molecule has 0 bridgehead atoms. The van der Waals surface area contributed by atoms with E-state index in [1.807, 2.05) is 0 Å². The molecule has 0 radical (unpaired) electrons. The van der Waals surface area contributed by atoms with Gasteiger partial charge in [-0.2, -0.15) is 0 Å². The van der Waals surface area contributed by atoms with E-state index in [4.69, 9.17) is 0 Å². The van der Waals surface area contributed by atoms with Crippen molar-refractivity contribution in [1.29, 1.82) is 0 Å². The molecule has 1 aromatic carbocycles. The first kappa shape index (κ1) is 11.7. The van der Waals surface area contributed by atoms with E-state index >= 15 is 0 Å². The molecule has 1 N–H and O–H groups in total. The second kappa shape index (κ2) is 5.06. The van der Waals surface area contributed by atoms with Crippen molar-refractivity contribution in [2.45, 2.75) is 38.6 Å². The Labute approximate surface area is 111 Å². The van der Waals surface area contributed by atoms with Crippen molar-refractivity contribution in [2.24, 2.45) is 0 Å². The molecular formula is C14H17N3S. The second-order valence-corrected chi connectivity index (χ2v) is 5.74. The molecule has 3 rings (SSSR count). The zero-order chi connectivity index (χ0) is 12.4. The Balaban J connectivity index is 1.69. The predicted octanol–water partition coefficient (Wildman–Crippen LogP) is 3.59. The van der Waals surface area contributed by atoms with E-state index < -0.39 is 0 Å². The Morgan fingerprint density at radius 3 is 2.83 bits per heavy atom. The molecule has 3 nitrogen and oxygen atoms in total. The van der Waals surface area contributed by atoms with Crippen LogP contribution in [-0.4, -0.2) is 10.2 Å². The van der Waals surface area contributed by atoms with Gasteiger partial charge < -0.3 is 5.32 Å². The maximum Gasteiger partial charge on any atom is 0.205 e. The highest BCUT2D eigenvalue weighted by molar-refractivity contribution is 7.15. The van der Waals surface area contributed by atoms with E-state index in [9.17, 15) is 0 Å². The van der Waals surface area contributed by atoms with Gasteiger partial charge in [-0.05, 0) is 36.3 Å². The van der Waals surface area contributed by atoms with Gasteiger partial charge in [-0.15, -0.1) is 10.2 Å². The minimum Gasteiger partial charge on any atom is -0.356 e. The van der Waals surface area contributed by atoms with Crippen LogP contribution in [0.3, 0.4) is 0 Å². The first-order valence-electron chi connectivity index (χ1n) is 6.51. The Morgan fingerprint density at radius 2 is 2.11 bits per heavy atom. The highest BCUT2D eigenvalue weighted by atomic mass is 32.1. The molecule has 94 valence electrons. The number of rotatable bonds is 5. The molecule has 0 unspecified atom stereocenters. The van der Waals surface area contributed by atoms with E-state index in [1.54, 1.807) is 11.3 Å². The van der Waals surface area contributed by atoms with Crippen LogP contribution in [0.25, 0.3) is 0 Å². The SMILES string of the molecule is CCc1nnc(NCc2ccccc2C2CC2)s1. The minimum atomic E-state index is 0.795. The Morgan fingerprint density at radius 1 is 1.28 bits per heavy atom. The average Bonchev–Trinajstić information content (AvgIpc) is 3.16. The molecule has 1 aliphatic rings. The third-order valence-electron chi connectivity index (χ3n) is 3.27.